The fourth-order valence-corrected chi connectivity index (χ4v) is 4.16. The summed E-state index contributed by atoms with van der Waals surface area (Å²) in [4.78, 5) is 27.4. The number of methoxy groups -OCH3 is 1. The Hall–Kier alpha value is -1.89. The van der Waals surface area contributed by atoms with Gasteiger partial charge in [-0.15, -0.1) is 11.3 Å². The van der Waals surface area contributed by atoms with Gasteiger partial charge in [0.2, 0.25) is 0 Å². The molecule has 34 heavy (non-hydrogen) atoms. The highest BCUT2D eigenvalue weighted by molar-refractivity contribution is 7.09. The van der Waals surface area contributed by atoms with Gasteiger partial charge in [-0.25, -0.2) is 4.98 Å². The number of aryl methyl sites for hydroxylation is 1. The SMILES string of the molecule is C/C=C\c1csc(C)n1.C=C(CCC/C(C)=C\CCOC)CC(C)C(=O)C(C)(C)C(O)CC=O. The number of thiazole rings is 1. The van der Waals surface area contributed by atoms with Crippen LogP contribution >= 0.6 is 11.3 Å². The van der Waals surface area contributed by atoms with Gasteiger partial charge in [-0.1, -0.05) is 50.6 Å². The van der Waals surface area contributed by atoms with Crippen LogP contribution in [-0.4, -0.2) is 42.0 Å². The molecule has 1 aromatic rings. The number of aliphatic hydroxyl groups excluding tert-OH is 1. The second-order valence-electron chi connectivity index (χ2n) is 9.34. The molecular weight excluding hydrogens is 446 g/mol. The molecule has 0 saturated carbocycles. The van der Waals surface area contributed by atoms with E-state index in [1.165, 1.54) is 5.57 Å². The van der Waals surface area contributed by atoms with E-state index >= 15 is 0 Å². The van der Waals surface area contributed by atoms with Crippen LogP contribution in [0.5, 0.6) is 0 Å². The molecule has 5 nitrogen and oxygen atoms in total. The lowest BCUT2D eigenvalue weighted by molar-refractivity contribution is -0.137. The van der Waals surface area contributed by atoms with Gasteiger partial charge in [0.05, 0.1) is 16.8 Å². The summed E-state index contributed by atoms with van der Waals surface area (Å²) in [6.07, 6.45) is 10.4. The van der Waals surface area contributed by atoms with Crippen molar-refractivity contribution < 1.29 is 19.4 Å². The van der Waals surface area contributed by atoms with Crippen LogP contribution in [0.15, 0.2) is 35.3 Å². The molecule has 0 fully saturated rings. The highest BCUT2D eigenvalue weighted by Gasteiger charge is 2.37. The first-order valence-electron chi connectivity index (χ1n) is 12.0. The number of carbonyl (C=O) groups excluding carboxylic acids is 2. The van der Waals surface area contributed by atoms with Gasteiger partial charge in [0, 0.05) is 36.9 Å². The lowest BCUT2D eigenvalue weighted by atomic mass is 9.75. The van der Waals surface area contributed by atoms with Crippen LogP contribution in [-0.2, 0) is 14.3 Å². The van der Waals surface area contributed by atoms with Crippen molar-refractivity contribution in [1.29, 1.82) is 0 Å². The molecule has 0 amide bonds. The lowest BCUT2D eigenvalue weighted by Crippen LogP contribution is -2.40. The van der Waals surface area contributed by atoms with E-state index in [-0.39, 0.29) is 18.1 Å². The van der Waals surface area contributed by atoms with Crippen molar-refractivity contribution in [1.82, 2.24) is 4.98 Å². The number of ether oxygens (including phenoxy) is 1. The van der Waals surface area contributed by atoms with E-state index in [1.54, 1.807) is 32.3 Å². The molecule has 1 rings (SSSR count). The topological polar surface area (TPSA) is 76.5 Å². The van der Waals surface area contributed by atoms with Crippen LogP contribution in [0.25, 0.3) is 6.08 Å². The Morgan fingerprint density at radius 1 is 1.35 bits per heavy atom. The van der Waals surface area contributed by atoms with E-state index < -0.39 is 11.5 Å². The van der Waals surface area contributed by atoms with E-state index in [2.05, 4.69) is 29.9 Å². The first-order chi connectivity index (χ1) is 16.0. The molecule has 0 bridgehead atoms. The van der Waals surface area contributed by atoms with Gasteiger partial charge in [0.15, 0.2) is 0 Å². The zero-order valence-corrected chi connectivity index (χ0v) is 23.0. The van der Waals surface area contributed by atoms with E-state index in [0.29, 0.717) is 12.7 Å². The summed E-state index contributed by atoms with van der Waals surface area (Å²) >= 11 is 1.68. The molecule has 2 atom stereocenters. The van der Waals surface area contributed by atoms with E-state index in [4.69, 9.17) is 4.74 Å². The number of hydrogen-bond acceptors (Lipinski definition) is 6. The number of aldehydes is 1. The Bertz CT molecular complexity index is 807. The normalized spacial score (nSPS) is 13.8. The number of rotatable bonds is 15. The number of aliphatic hydroxyl groups is 1. The average Bonchev–Trinajstić information content (AvgIpc) is 3.18. The van der Waals surface area contributed by atoms with Crippen molar-refractivity contribution in [2.75, 3.05) is 13.7 Å². The zero-order chi connectivity index (χ0) is 26.1. The maximum Gasteiger partial charge on any atom is 0.144 e. The van der Waals surface area contributed by atoms with Crippen LogP contribution in [0.3, 0.4) is 0 Å². The largest absolute Gasteiger partial charge is 0.392 e. The molecular formula is C28H45NO4S. The summed E-state index contributed by atoms with van der Waals surface area (Å²) < 4.78 is 5.03. The van der Waals surface area contributed by atoms with Crippen molar-refractivity contribution in [2.24, 2.45) is 11.3 Å². The molecule has 0 aliphatic rings. The van der Waals surface area contributed by atoms with Crippen LogP contribution in [0.4, 0.5) is 0 Å². The third-order valence-electron chi connectivity index (χ3n) is 5.72. The second-order valence-corrected chi connectivity index (χ2v) is 10.4. The molecule has 0 saturated heterocycles. The number of carbonyl (C=O) groups is 2. The minimum Gasteiger partial charge on any atom is -0.392 e. The summed E-state index contributed by atoms with van der Waals surface area (Å²) in [6.45, 7) is 16.3. The zero-order valence-electron chi connectivity index (χ0n) is 22.2. The quantitative estimate of drug-likeness (QED) is 0.167. The van der Waals surface area contributed by atoms with Gasteiger partial charge in [-0.3, -0.25) is 4.79 Å². The maximum atomic E-state index is 12.6. The maximum absolute atomic E-state index is 12.6. The minimum absolute atomic E-state index is 0.0128. The Morgan fingerprint density at radius 2 is 2.03 bits per heavy atom. The predicted octanol–water partition coefficient (Wildman–Crippen LogP) is 6.75. The van der Waals surface area contributed by atoms with E-state index in [0.717, 1.165) is 48.6 Å². The monoisotopic (exact) mass is 491 g/mol. The molecule has 0 aliphatic carbocycles. The Labute approximate surface area is 211 Å². The molecule has 0 radical (unpaired) electrons. The summed E-state index contributed by atoms with van der Waals surface area (Å²) in [5.41, 5.74) is 2.57. The smallest absolute Gasteiger partial charge is 0.144 e. The molecule has 192 valence electrons. The van der Waals surface area contributed by atoms with Crippen LogP contribution in [0.1, 0.15) is 83.8 Å². The molecule has 0 aliphatic heterocycles. The Kier molecular flexibility index (Phi) is 16.6. The van der Waals surface area contributed by atoms with Crippen molar-refractivity contribution in [3.63, 3.8) is 0 Å². The molecule has 6 heteroatoms. The molecule has 1 aromatic heterocycles. The number of nitrogens with zero attached hydrogens (tertiary/aromatic N) is 1. The minimum atomic E-state index is -0.937. The number of allylic oxidation sites excluding steroid dienone is 3. The fraction of sp³-hybridized carbons (Fsp3) is 0.607. The molecule has 0 aromatic carbocycles. The van der Waals surface area contributed by atoms with Crippen LogP contribution in [0.2, 0.25) is 0 Å². The van der Waals surface area contributed by atoms with Gasteiger partial charge in [-0.05, 0) is 59.0 Å². The van der Waals surface area contributed by atoms with Gasteiger partial charge in [0.1, 0.15) is 12.1 Å². The highest BCUT2D eigenvalue weighted by atomic mass is 32.1. The van der Waals surface area contributed by atoms with Crippen molar-refractivity contribution >= 4 is 29.5 Å². The molecule has 1 N–H and O–H groups in total. The standard InChI is InChI=1S/C21H36O4.C7H9NS/c1-16(11-8-14-25-6)9-7-10-17(2)15-18(3)20(24)21(4,5)19(23)12-13-22;1-3-4-7-5-9-6(2)8-7/h11,13,18-19,23H,2,7-10,12,14-15H2,1,3-6H3;3-5H,1-2H3/b16-11-;4-3-. The first kappa shape index (κ1) is 32.1. The third kappa shape index (κ3) is 13.1. The number of ketones is 1. The van der Waals surface area contributed by atoms with Gasteiger partial charge >= 0.3 is 0 Å². The van der Waals surface area contributed by atoms with Crippen LogP contribution in [0, 0.1) is 18.3 Å². The summed E-state index contributed by atoms with van der Waals surface area (Å²) in [5.74, 6) is -0.221. The summed E-state index contributed by atoms with van der Waals surface area (Å²) in [5, 5.41) is 13.2. The lowest BCUT2D eigenvalue weighted by Gasteiger charge is -2.31. The van der Waals surface area contributed by atoms with Crippen molar-refractivity contribution in [3.05, 3.63) is 46.0 Å². The second kappa shape index (κ2) is 17.5. The molecule has 0 spiro atoms. The Balaban J connectivity index is 0.000000999. The van der Waals surface area contributed by atoms with Crippen molar-refractivity contribution in [3.8, 4) is 0 Å². The van der Waals surface area contributed by atoms with Crippen molar-refractivity contribution in [2.45, 2.75) is 86.2 Å². The van der Waals surface area contributed by atoms with Gasteiger partial charge < -0.3 is 14.6 Å². The summed E-state index contributed by atoms with van der Waals surface area (Å²) in [7, 11) is 1.70. The van der Waals surface area contributed by atoms with E-state index in [9.17, 15) is 14.7 Å². The Morgan fingerprint density at radius 3 is 2.56 bits per heavy atom. The van der Waals surface area contributed by atoms with Crippen LogP contribution < -0.4 is 0 Å². The highest BCUT2D eigenvalue weighted by Crippen LogP contribution is 2.30. The summed E-state index contributed by atoms with van der Waals surface area (Å²) in [6, 6.07) is 0. The van der Waals surface area contributed by atoms with Gasteiger partial charge in [0.25, 0.3) is 0 Å². The average molecular weight is 492 g/mol. The fourth-order valence-electron chi connectivity index (χ4n) is 3.58. The van der Waals surface area contributed by atoms with E-state index in [1.807, 2.05) is 32.9 Å². The number of hydrogen-bond donors (Lipinski definition) is 1. The number of Topliss-reactive ketones (excluding diaryl/α,β-unsaturated/α-hetero) is 1. The number of aromatic nitrogens is 1. The first-order valence-corrected chi connectivity index (χ1v) is 12.9. The molecule has 1 heterocycles. The van der Waals surface area contributed by atoms with Gasteiger partial charge in [-0.2, -0.15) is 0 Å². The third-order valence-corrected chi connectivity index (χ3v) is 6.51. The predicted molar refractivity (Wildman–Crippen MR) is 144 cm³/mol. The molecule has 2 unspecified atom stereocenters.